The highest BCUT2D eigenvalue weighted by molar-refractivity contribution is 7.92. The molecular weight excluding hydrogens is 474 g/mol. The molecular formula is C21H16F6N2O3S. The molecule has 0 unspecified atom stereocenters. The Bertz CT molecular complexity index is 1180. The van der Waals surface area contributed by atoms with Crippen LogP contribution in [-0.2, 0) is 22.7 Å². The Morgan fingerprint density at radius 2 is 1.58 bits per heavy atom. The minimum atomic E-state index is -4.96. The van der Waals surface area contributed by atoms with Crippen LogP contribution in [0.5, 0.6) is 11.5 Å². The van der Waals surface area contributed by atoms with Crippen molar-refractivity contribution in [3.63, 3.8) is 0 Å². The van der Waals surface area contributed by atoms with Crippen molar-refractivity contribution in [2.24, 2.45) is 0 Å². The maximum absolute atomic E-state index is 12.9. The molecule has 0 saturated carbocycles. The summed E-state index contributed by atoms with van der Waals surface area (Å²) in [7, 11) is -4.81. The number of ether oxygens (including phenoxy) is 1. The second-order valence-electron chi connectivity index (χ2n) is 6.86. The fourth-order valence-corrected chi connectivity index (χ4v) is 4.20. The lowest BCUT2D eigenvalue weighted by Crippen LogP contribution is -2.37. The third kappa shape index (κ3) is 6.85. The Kier molecular flexibility index (Phi) is 6.86. The van der Waals surface area contributed by atoms with Gasteiger partial charge in [-0.1, -0.05) is 12.1 Å². The van der Waals surface area contributed by atoms with E-state index >= 15 is 0 Å². The van der Waals surface area contributed by atoms with Gasteiger partial charge >= 0.3 is 12.4 Å². The molecule has 3 aromatic rings. The van der Waals surface area contributed by atoms with E-state index in [-0.39, 0.29) is 17.2 Å². The van der Waals surface area contributed by atoms with Crippen LogP contribution in [0.25, 0.3) is 0 Å². The number of hydrogen-bond acceptors (Lipinski definition) is 4. The zero-order valence-electron chi connectivity index (χ0n) is 16.6. The standard InChI is InChI=1S/C21H16F6N2O3S/c22-20(23,24)14-33(30,31)29(13-15-3-2-10-28-12-15)17-6-8-18(9-7-17)32-19-5-1-4-16(11-19)21(25,26)27/h1-12H,13-14H2. The number of sulfonamides is 1. The van der Waals surface area contributed by atoms with E-state index in [1.54, 1.807) is 0 Å². The van der Waals surface area contributed by atoms with Crippen LogP contribution >= 0.6 is 0 Å². The molecule has 1 aromatic heterocycles. The lowest BCUT2D eigenvalue weighted by Gasteiger charge is -2.25. The molecule has 1 heterocycles. The smallest absolute Gasteiger partial charge is 0.416 e. The van der Waals surface area contributed by atoms with Crippen molar-refractivity contribution in [2.45, 2.75) is 18.9 Å². The van der Waals surface area contributed by atoms with Gasteiger partial charge in [-0.2, -0.15) is 26.3 Å². The molecule has 0 bridgehead atoms. The molecule has 0 N–H and O–H groups in total. The van der Waals surface area contributed by atoms with Gasteiger partial charge in [0.1, 0.15) is 11.5 Å². The van der Waals surface area contributed by atoms with Crippen LogP contribution in [0.3, 0.4) is 0 Å². The van der Waals surface area contributed by atoms with Crippen LogP contribution in [0.15, 0.2) is 73.1 Å². The van der Waals surface area contributed by atoms with Gasteiger partial charge in [0.2, 0.25) is 10.0 Å². The number of benzene rings is 2. The van der Waals surface area contributed by atoms with Crippen molar-refractivity contribution >= 4 is 15.7 Å². The van der Waals surface area contributed by atoms with Gasteiger partial charge in [-0.25, -0.2) is 8.42 Å². The quantitative estimate of drug-likeness (QED) is 0.394. The van der Waals surface area contributed by atoms with E-state index in [1.807, 2.05) is 0 Å². The van der Waals surface area contributed by atoms with Crippen LogP contribution in [0.4, 0.5) is 32.0 Å². The molecule has 0 saturated heterocycles. The maximum atomic E-state index is 12.9. The summed E-state index contributed by atoms with van der Waals surface area (Å²) in [5.41, 5.74) is -0.649. The first-order chi connectivity index (χ1) is 15.3. The predicted molar refractivity (Wildman–Crippen MR) is 108 cm³/mol. The largest absolute Gasteiger partial charge is 0.457 e. The van der Waals surface area contributed by atoms with E-state index in [4.69, 9.17) is 4.74 Å². The summed E-state index contributed by atoms with van der Waals surface area (Å²) in [6.45, 7) is -0.403. The molecule has 0 spiro atoms. The first-order valence-electron chi connectivity index (χ1n) is 9.25. The summed E-state index contributed by atoms with van der Waals surface area (Å²) in [6, 6.07) is 12.0. The molecule has 3 rings (SSSR count). The molecule has 0 fully saturated rings. The highest BCUT2D eigenvalue weighted by Crippen LogP contribution is 2.33. The van der Waals surface area contributed by atoms with E-state index in [0.717, 1.165) is 18.2 Å². The van der Waals surface area contributed by atoms with Crippen molar-refractivity contribution in [2.75, 3.05) is 10.1 Å². The molecule has 0 atom stereocenters. The van der Waals surface area contributed by atoms with E-state index in [2.05, 4.69) is 4.98 Å². The first-order valence-corrected chi connectivity index (χ1v) is 10.9. The molecule has 176 valence electrons. The average Bonchev–Trinajstić information content (AvgIpc) is 2.71. The van der Waals surface area contributed by atoms with Crippen molar-refractivity contribution in [3.05, 3.63) is 84.2 Å². The third-order valence-electron chi connectivity index (χ3n) is 4.25. The first kappa shape index (κ1) is 24.4. The SMILES string of the molecule is O=S(=O)(CC(F)(F)F)N(Cc1cccnc1)c1ccc(Oc2cccc(C(F)(F)F)c2)cc1. The van der Waals surface area contributed by atoms with Gasteiger partial charge in [0, 0.05) is 12.4 Å². The Hall–Kier alpha value is -3.28. The molecule has 2 aromatic carbocycles. The van der Waals surface area contributed by atoms with Crippen molar-refractivity contribution in [1.82, 2.24) is 4.98 Å². The van der Waals surface area contributed by atoms with Gasteiger partial charge in [-0.05, 0) is 54.1 Å². The number of rotatable bonds is 7. The Labute approximate surface area is 185 Å². The van der Waals surface area contributed by atoms with Gasteiger partial charge in [0.25, 0.3) is 0 Å². The van der Waals surface area contributed by atoms with Gasteiger partial charge in [-0.3, -0.25) is 9.29 Å². The van der Waals surface area contributed by atoms with E-state index in [0.29, 0.717) is 9.87 Å². The third-order valence-corrected chi connectivity index (χ3v) is 5.96. The monoisotopic (exact) mass is 490 g/mol. The van der Waals surface area contributed by atoms with Crippen LogP contribution < -0.4 is 9.04 Å². The number of anilines is 1. The van der Waals surface area contributed by atoms with Crippen molar-refractivity contribution in [3.8, 4) is 11.5 Å². The minimum absolute atomic E-state index is 0.0626. The highest BCUT2D eigenvalue weighted by atomic mass is 32.2. The van der Waals surface area contributed by atoms with Crippen LogP contribution in [0.1, 0.15) is 11.1 Å². The number of aromatic nitrogens is 1. The number of alkyl halides is 6. The normalized spacial score (nSPS) is 12.4. The second-order valence-corrected chi connectivity index (χ2v) is 8.75. The van der Waals surface area contributed by atoms with Gasteiger partial charge in [0.15, 0.2) is 5.75 Å². The molecule has 5 nitrogen and oxygen atoms in total. The number of hydrogen-bond donors (Lipinski definition) is 0. The maximum Gasteiger partial charge on any atom is 0.416 e. The summed E-state index contributed by atoms with van der Waals surface area (Å²) in [4.78, 5) is 3.83. The fourth-order valence-electron chi connectivity index (χ4n) is 2.84. The van der Waals surface area contributed by atoms with Crippen molar-refractivity contribution < 1.29 is 39.5 Å². The predicted octanol–water partition coefficient (Wildman–Crippen LogP) is 5.79. The summed E-state index contributed by atoms with van der Waals surface area (Å²) >= 11 is 0. The van der Waals surface area contributed by atoms with E-state index in [1.165, 1.54) is 54.9 Å². The average molecular weight is 490 g/mol. The van der Waals surface area contributed by atoms with Gasteiger partial charge < -0.3 is 4.74 Å². The topological polar surface area (TPSA) is 59.5 Å². The number of halogens is 6. The highest BCUT2D eigenvalue weighted by Gasteiger charge is 2.38. The summed E-state index contributed by atoms with van der Waals surface area (Å²) in [6.07, 6.45) is -6.78. The Morgan fingerprint density at radius 1 is 0.879 bits per heavy atom. The molecule has 0 aliphatic carbocycles. The fraction of sp³-hybridized carbons (Fsp3) is 0.190. The molecule has 12 heteroatoms. The zero-order chi connectivity index (χ0) is 24.3. The molecule has 0 amide bonds. The number of nitrogens with zero attached hydrogens (tertiary/aromatic N) is 2. The summed E-state index contributed by atoms with van der Waals surface area (Å²) in [5, 5.41) is 0. The zero-order valence-corrected chi connectivity index (χ0v) is 17.5. The van der Waals surface area contributed by atoms with E-state index < -0.39 is 40.2 Å². The van der Waals surface area contributed by atoms with Crippen LogP contribution in [-0.4, -0.2) is 25.3 Å². The Balaban J connectivity index is 1.88. The van der Waals surface area contributed by atoms with E-state index in [9.17, 15) is 34.8 Å². The number of pyridine rings is 1. The van der Waals surface area contributed by atoms with Crippen molar-refractivity contribution in [1.29, 1.82) is 0 Å². The van der Waals surface area contributed by atoms with Gasteiger partial charge in [0.05, 0.1) is 17.8 Å². The molecule has 0 radical (unpaired) electrons. The molecule has 33 heavy (non-hydrogen) atoms. The summed E-state index contributed by atoms with van der Waals surface area (Å²) < 4.78 is 108. The van der Waals surface area contributed by atoms with Gasteiger partial charge in [-0.15, -0.1) is 0 Å². The lowest BCUT2D eigenvalue weighted by molar-refractivity contribution is -0.137. The molecule has 0 aliphatic heterocycles. The lowest BCUT2D eigenvalue weighted by atomic mass is 10.2. The second kappa shape index (κ2) is 9.30. The van der Waals surface area contributed by atoms with Crippen LogP contribution in [0.2, 0.25) is 0 Å². The summed E-state index contributed by atoms with van der Waals surface area (Å²) in [5.74, 6) is -2.12. The minimum Gasteiger partial charge on any atom is -0.457 e. The Morgan fingerprint density at radius 3 is 2.15 bits per heavy atom. The molecule has 0 aliphatic rings. The van der Waals surface area contributed by atoms with Crippen LogP contribution in [0, 0.1) is 0 Å².